The molecule has 5 heteroatoms. The van der Waals surface area contributed by atoms with Crippen molar-refractivity contribution in [2.45, 2.75) is 122 Å². The van der Waals surface area contributed by atoms with Gasteiger partial charge in [-0.05, 0) is 19.3 Å². The van der Waals surface area contributed by atoms with Gasteiger partial charge in [0.15, 0.2) is 0 Å². The molecule has 0 rings (SSSR count). The second kappa shape index (κ2) is 19.8. The standard InChI is InChI=1S/C23H45NO3S/c1-3-5-7-8-9-10-11-12-13-14-16-18-22(21(25)17-15-6-4-2)28-19-20(24)23(26)27/h18,20-21,25H,3-17,19,24H2,1-2H3,(H,26,27)/t20-,21-/m1/s1. The van der Waals surface area contributed by atoms with Gasteiger partial charge in [0.2, 0.25) is 0 Å². The van der Waals surface area contributed by atoms with Gasteiger partial charge >= 0.3 is 5.97 Å². The molecule has 2 atom stereocenters. The van der Waals surface area contributed by atoms with Gasteiger partial charge in [-0.1, -0.05) is 97.0 Å². The molecule has 4 N–H and O–H groups in total. The van der Waals surface area contributed by atoms with Crippen LogP contribution >= 0.6 is 11.8 Å². The maximum Gasteiger partial charge on any atom is 0.321 e. The molecular formula is C23H45NO3S. The average Bonchev–Trinajstić information content (AvgIpc) is 2.68. The van der Waals surface area contributed by atoms with Gasteiger partial charge in [0.25, 0.3) is 0 Å². The lowest BCUT2D eigenvalue weighted by atomic mass is 10.1. The number of carbonyl (C=O) groups is 1. The van der Waals surface area contributed by atoms with Crippen LogP contribution in [0, 0.1) is 0 Å². The summed E-state index contributed by atoms with van der Waals surface area (Å²) in [6.07, 6.45) is 19.7. The fourth-order valence-corrected chi connectivity index (χ4v) is 4.22. The molecule has 0 aromatic carbocycles. The van der Waals surface area contributed by atoms with Crippen LogP contribution in [0.3, 0.4) is 0 Å². The summed E-state index contributed by atoms with van der Waals surface area (Å²) < 4.78 is 0. The minimum atomic E-state index is -0.984. The molecule has 0 bridgehead atoms. The lowest BCUT2D eigenvalue weighted by Gasteiger charge is -2.16. The summed E-state index contributed by atoms with van der Waals surface area (Å²) >= 11 is 1.41. The van der Waals surface area contributed by atoms with E-state index in [0.29, 0.717) is 5.75 Å². The number of unbranched alkanes of at least 4 members (excludes halogenated alkanes) is 12. The molecule has 0 aliphatic carbocycles. The van der Waals surface area contributed by atoms with Crippen LogP contribution in [0.15, 0.2) is 11.0 Å². The van der Waals surface area contributed by atoms with Crippen LogP contribution in [0.1, 0.15) is 110 Å². The van der Waals surface area contributed by atoms with E-state index in [1.807, 2.05) is 0 Å². The van der Waals surface area contributed by atoms with Crippen LogP contribution < -0.4 is 5.73 Å². The third kappa shape index (κ3) is 16.4. The molecule has 0 radical (unpaired) electrons. The van der Waals surface area contributed by atoms with Crippen LogP contribution in [-0.2, 0) is 4.79 Å². The van der Waals surface area contributed by atoms with Crippen LogP contribution in [0.5, 0.6) is 0 Å². The van der Waals surface area contributed by atoms with E-state index in [9.17, 15) is 9.90 Å². The van der Waals surface area contributed by atoms with E-state index in [0.717, 1.165) is 43.4 Å². The van der Waals surface area contributed by atoms with Gasteiger partial charge in [-0.15, -0.1) is 11.8 Å². The van der Waals surface area contributed by atoms with Crippen LogP contribution in [0.2, 0.25) is 0 Å². The number of aliphatic hydroxyl groups is 1. The molecule has 0 saturated heterocycles. The van der Waals surface area contributed by atoms with Crippen molar-refractivity contribution in [1.82, 2.24) is 0 Å². The lowest BCUT2D eigenvalue weighted by molar-refractivity contribution is -0.137. The van der Waals surface area contributed by atoms with Crippen LogP contribution in [0.25, 0.3) is 0 Å². The largest absolute Gasteiger partial charge is 0.480 e. The Labute approximate surface area is 177 Å². The van der Waals surface area contributed by atoms with E-state index < -0.39 is 18.1 Å². The molecular weight excluding hydrogens is 370 g/mol. The zero-order valence-electron chi connectivity index (χ0n) is 18.3. The Morgan fingerprint density at radius 1 is 0.893 bits per heavy atom. The van der Waals surface area contributed by atoms with E-state index >= 15 is 0 Å². The molecule has 0 saturated carbocycles. The Hall–Kier alpha value is -0.520. The monoisotopic (exact) mass is 415 g/mol. The van der Waals surface area contributed by atoms with E-state index in [2.05, 4.69) is 19.9 Å². The Bertz CT molecular complexity index is 401. The molecule has 0 heterocycles. The minimum Gasteiger partial charge on any atom is -0.480 e. The van der Waals surface area contributed by atoms with Crippen molar-refractivity contribution in [3.8, 4) is 0 Å². The number of aliphatic carboxylic acids is 1. The van der Waals surface area contributed by atoms with Crippen LogP contribution in [-0.4, -0.2) is 34.1 Å². The third-order valence-electron chi connectivity index (χ3n) is 5.06. The quantitative estimate of drug-likeness (QED) is 0.204. The highest BCUT2D eigenvalue weighted by Gasteiger charge is 2.16. The first kappa shape index (κ1) is 27.5. The molecule has 4 nitrogen and oxygen atoms in total. The van der Waals surface area contributed by atoms with Crippen molar-refractivity contribution in [2.24, 2.45) is 5.73 Å². The van der Waals surface area contributed by atoms with Gasteiger partial charge in [0.1, 0.15) is 6.04 Å². The summed E-state index contributed by atoms with van der Waals surface area (Å²) in [6.45, 7) is 4.40. The van der Waals surface area contributed by atoms with Crippen molar-refractivity contribution < 1.29 is 15.0 Å². The number of rotatable bonds is 20. The van der Waals surface area contributed by atoms with Crippen molar-refractivity contribution in [1.29, 1.82) is 0 Å². The minimum absolute atomic E-state index is 0.310. The molecule has 0 unspecified atom stereocenters. The molecule has 0 aromatic heterocycles. The Morgan fingerprint density at radius 2 is 1.39 bits per heavy atom. The van der Waals surface area contributed by atoms with Crippen molar-refractivity contribution in [3.63, 3.8) is 0 Å². The lowest BCUT2D eigenvalue weighted by Crippen LogP contribution is -2.32. The summed E-state index contributed by atoms with van der Waals surface area (Å²) in [5.41, 5.74) is 5.62. The SMILES string of the molecule is CCCCCCCCCCCCC=C(SC[C@@H](N)C(=O)O)[C@H](O)CCCCC. The average molecular weight is 416 g/mol. The van der Waals surface area contributed by atoms with E-state index in [1.54, 1.807) is 0 Å². The summed E-state index contributed by atoms with van der Waals surface area (Å²) in [4.78, 5) is 11.8. The maximum absolute atomic E-state index is 10.9. The first-order valence-corrected chi connectivity index (χ1v) is 12.5. The van der Waals surface area contributed by atoms with Gasteiger partial charge in [-0.25, -0.2) is 0 Å². The van der Waals surface area contributed by atoms with Gasteiger partial charge in [-0.2, -0.15) is 0 Å². The zero-order chi connectivity index (χ0) is 21.0. The number of carboxylic acid groups (broad SMARTS) is 1. The van der Waals surface area contributed by atoms with Gasteiger partial charge in [0.05, 0.1) is 6.10 Å². The van der Waals surface area contributed by atoms with E-state index in [1.165, 1.54) is 69.5 Å². The molecule has 0 amide bonds. The molecule has 166 valence electrons. The number of aliphatic hydroxyl groups excluding tert-OH is 1. The molecule has 0 spiro atoms. The molecule has 0 aliphatic rings. The van der Waals surface area contributed by atoms with Crippen molar-refractivity contribution in [2.75, 3.05) is 5.75 Å². The summed E-state index contributed by atoms with van der Waals surface area (Å²) in [5.74, 6) is -0.675. The van der Waals surface area contributed by atoms with E-state index in [4.69, 9.17) is 10.8 Å². The molecule has 0 aromatic rings. The Morgan fingerprint density at radius 3 is 1.93 bits per heavy atom. The summed E-state index contributed by atoms with van der Waals surface area (Å²) in [7, 11) is 0. The molecule has 0 fully saturated rings. The number of carboxylic acids is 1. The Kier molecular flexibility index (Phi) is 19.4. The number of allylic oxidation sites excluding steroid dienone is 1. The van der Waals surface area contributed by atoms with Crippen molar-refractivity contribution >= 4 is 17.7 Å². The first-order chi connectivity index (χ1) is 13.5. The summed E-state index contributed by atoms with van der Waals surface area (Å²) in [5, 5.41) is 19.4. The molecule has 28 heavy (non-hydrogen) atoms. The topological polar surface area (TPSA) is 83.6 Å². The number of hydrogen-bond donors (Lipinski definition) is 3. The smallest absolute Gasteiger partial charge is 0.321 e. The predicted molar refractivity (Wildman–Crippen MR) is 123 cm³/mol. The Balaban J connectivity index is 4.10. The second-order valence-electron chi connectivity index (χ2n) is 7.84. The summed E-state index contributed by atoms with van der Waals surface area (Å²) in [6, 6.07) is -0.881. The second-order valence-corrected chi connectivity index (χ2v) is 8.94. The van der Waals surface area contributed by atoms with E-state index in [-0.39, 0.29) is 0 Å². The highest BCUT2D eigenvalue weighted by molar-refractivity contribution is 8.03. The number of nitrogens with two attached hydrogens (primary N) is 1. The van der Waals surface area contributed by atoms with Gasteiger partial charge in [-0.3, -0.25) is 4.79 Å². The third-order valence-corrected chi connectivity index (χ3v) is 6.36. The number of thioether (sulfide) groups is 1. The normalized spacial score (nSPS) is 14.2. The maximum atomic E-state index is 10.9. The molecule has 0 aliphatic heterocycles. The predicted octanol–water partition coefficient (Wildman–Crippen LogP) is 6.27. The van der Waals surface area contributed by atoms with Gasteiger partial charge in [0, 0.05) is 10.7 Å². The number of hydrogen-bond acceptors (Lipinski definition) is 4. The van der Waals surface area contributed by atoms with Crippen molar-refractivity contribution in [3.05, 3.63) is 11.0 Å². The first-order valence-electron chi connectivity index (χ1n) is 11.5. The van der Waals surface area contributed by atoms with Gasteiger partial charge < -0.3 is 15.9 Å². The highest BCUT2D eigenvalue weighted by Crippen LogP contribution is 2.25. The zero-order valence-corrected chi connectivity index (χ0v) is 19.2. The fraction of sp³-hybridized carbons (Fsp3) is 0.870. The van der Waals surface area contributed by atoms with Crippen LogP contribution in [0.4, 0.5) is 0 Å². The highest BCUT2D eigenvalue weighted by atomic mass is 32.2. The fourth-order valence-electron chi connectivity index (χ4n) is 3.15.